The molecule has 0 spiro atoms. The van der Waals surface area contributed by atoms with Gasteiger partial charge in [-0.3, -0.25) is 4.79 Å². The van der Waals surface area contributed by atoms with E-state index in [0.717, 1.165) is 0 Å². The third-order valence-corrected chi connectivity index (χ3v) is 3.31. The Morgan fingerprint density at radius 3 is 2.78 bits per heavy atom. The molecule has 0 aromatic carbocycles. The van der Waals surface area contributed by atoms with Gasteiger partial charge in [-0.05, 0) is 25.0 Å². The van der Waals surface area contributed by atoms with E-state index in [9.17, 15) is 4.79 Å². The topological polar surface area (TPSA) is 77.2 Å². The molecular formula is C13H21N3O2. The second-order valence-electron chi connectivity index (χ2n) is 4.79. The van der Waals surface area contributed by atoms with Gasteiger partial charge in [0.15, 0.2) is 0 Å². The first-order chi connectivity index (χ1) is 8.44. The number of amides is 1. The number of carbonyl (C=O) groups excluding carboxylic acids is 1. The summed E-state index contributed by atoms with van der Waals surface area (Å²) in [4.78, 5) is 16.2. The van der Waals surface area contributed by atoms with Gasteiger partial charge in [-0.2, -0.15) is 0 Å². The first kappa shape index (κ1) is 14.4. The number of carbonyl (C=O) groups is 1. The third kappa shape index (κ3) is 2.98. The monoisotopic (exact) mass is 251 g/mol. The molecule has 0 aliphatic rings. The maximum Gasteiger partial charge on any atom is 0.257 e. The summed E-state index contributed by atoms with van der Waals surface area (Å²) in [7, 11) is 1.49. The molecule has 1 aromatic rings. The first-order valence-corrected chi connectivity index (χ1v) is 5.96. The lowest BCUT2D eigenvalue weighted by Gasteiger charge is -2.33. The van der Waals surface area contributed by atoms with Crippen molar-refractivity contribution in [3.05, 3.63) is 23.9 Å². The summed E-state index contributed by atoms with van der Waals surface area (Å²) < 4.78 is 5.07. The highest BCUT2D eigenvalue weighted by atomic mass is 16.5. The first-order valence-electron chi connectivity index (χ1n) is 5.96. The van der Waals surface area contributed by atoms with Crippen LogP contribution in [0.25, 0.3) is 0 Å². The van der Waals surface area contributed by atoms with Crippen LogP contribution in [0.4, 0.5) is 0 Å². The Morgan fingerprint density at radius 1 is 1.61 bits per heavy atom. The van der Waals surface area contributed by atoms with Crippen LogP contribution in [0.15, 0.2) is 18.3 Å². The summed E-state index contributed by atoms with van der Waals surface area (Å²) in [6, 6.07) is 3.38. The Kier molecular flexibility index (Phi) is 4.67. The van der Waals surface area contributed by atoms with E-state index in [1.807, 2.05) is 20.8 Å². The number of hydrogen-bond acceptors (Lipinski definition) is 4. The number of pyridine rings is 1. The van der Waals surface area contributed by atoms with Gasteiger partial charge in [-0.1, -0.05) is 13.8 Å². The van der Waals surface area contributed by atoms with Gasteiger partial charge in [0.2, 0.25) is 5.88 Å². The SMILES string of the molecule is COc1ncccc1C(=O)NC(C)(CN)C(C)C. The molecule has 1 unspecified atom stereocenters. The lowest BCUT2D eigenvalue weighted by Crippen LogP contribution is -2.55. The van der Waals surface area contributed by atoms with Crippen molar-refractivity contribution in [2.75, 3.05) is 13.7 Å². The number of ether oxygens (including phenoxy) is 1. The molecule has 1 atom stereocenters. The van der Waals surface area contributed by atoms with Crippen molar-refractivity contribution in [3.8, 4) is 5.88 Å². The zero-order chi connectivity index (χ0) is 13.8. The fourth-order valence-electron chi connectivity index (χ4n) is 1.48. The Hall–Kier alpha value is -1.62. The molecule has 5 heteroatoms. The minimum absolute atomic E-state index is 0.221. The highest BCUT2D eigenvalue weighted by molar-refractivity contribution is 5.96. The summed E-state index contributed by atoms with van der Waals surface area (Å²) >= 11 is 0. The van der Waals surface area contributed by atoms with Gasteiger partial charge in [0.05, 0.1) is 12.6 Å². The molecular weight excluding hydrogens is 230 g/mol. The number of methoxy groups -OCH3 is 1. The van der Waals surface area contributed by atoms with E-state index < -0.39 is 5.54 Å². The molecule has 1 rings (SSSR count). The Bertz CT molecular complexity index is 420. The maximum absolute atomic E-state index is 12.2. The standard InChI is InChI=1S/C13H21N3O2/c1-9(2)13(3,8-14)16-11(17)10-6-5-7-15-12(10)18-4/h5-7,9H,8,14H2,1-4H3,(H,16,17). The van der Waals surface area contributed by atoms with Crippen LogP contribution in [-0.4, -0.2) is 30.1 Å². The average molecular weight is 251 g/mol. The molecule has 0 bridgehead atoms. The van der Waals surface area contributed by atoms with Crippen LogP contribution in [0.3, 0.4) is 0 Å². The largest absolute Gasteiger partial charge is 0.480 e. The number of nitrogens with zero attached hydrogens (tertiary/aromatic N) is 1. The molecule has 0 saturated carbocycles. The van der Waals surface area contributed by atoms with Crippen molar-refractivity contribution in [2.24, 2.45) is 11.7 Å². The summed E-state index contributed by atoms with van der Waals surface area (Å²) in [5.74, 6) is 0.328. The Morgan fingerprint density at radius 2 is 2.28 bits per heavy atom. The number of rotatable bonds is 5. The highest BCUT2D eigenvalue weighted by Crippen LogP contribution is 2.18. The van der Waals surface area contributed by atoms with Gasteiger partial charge in [-0.25, -0.2) is 4.98 Å². The van der Waals surface area contributed by atoms with E-state index >= 15 is 0 Å². The highest BCUT2D eigenvalue weighted by Gasteiger charge is 2.29. The fraction of sp³-hybridized carbons (Fsp3) is 0.538. The van der Waals surface area contributed by atoms with E-state index in [1.165, 1.54) is 7.11 Å². The minimum atomic E-state index is -0.446. The number of nitrogens with one attached hydrogen (secondary N) is 1. The predicted molar refractivity (Wildman–Crippen MR) is 70.6 cm³/mol. The smallest absolute Gasteiger partial charge is 0.257 e. The molecule has 3 N–H and O–H groups in total. The molecule has 0 saturated heterocycles. The van der Waals surface area contributed by atoms with E-state index in [4.69, 9.17) is 10.5 Å². The van der Waals surface area contributed by atoms with Crippen molar-refractivity contribution >= 4 is 5.91 Å². The van der Waals surface area contributed by atoms with Crippen LogP contribution in [0, 0.1) is 5.92 Å². The molecule has 1 aromatic heterocycles. The van der Waals surface area contributed by atoms with Gasteiger partial charge < -0.3 is 15.8 Å². The van der Waals surface area contributed by atoms with Crippen LogP contribution in [-0.2, 0) is 0 Å². The third-order valence-electron chi connectivity index (χ3n) is 3.31. The van der Waals surface area contributed by atoms with Crippen LogP contribution < -0.4 is 15.8 Å². The minimum Gasteiger partial charge on any atom is -0.480 e. The lowest BCUT2D eigenvalue weighted by molar-refractivity contribution is 0.0879. The van der Waals surface area contributed by atoms with Gasteiger partial charge in [-0.15, -0.1) is 0 Å². The van der Waals surface area contributed by atoms with Crippen molar-refractivity contribution < 1.29 is 9.53 Å². The molecule has 5 nitrogen and oxygen atoms in total. The summed E-state index contributed by atoms with van der Waals surface area (Å²) in [6.07, 6.45) is 1.58. The molecule has 1 amide bonds. The van der Waals surface area contributed by atoms with E-state index in [-0.39, 0.29) is 11.8 Å². The van der Waals surface area contributed by atoms with E-state index in [1.54, 1.807) is 18.3 Å². The molecule has 0 fully saturated rings. The number of aromatic nitrogens is 1. The van der Waals surface area contributed by atoms with Gasteiger partial charge in [0.25, 0.3) is 5.91 Å². The van der Waals surface area contributed by atoms with Crippen molar-refractivity contribution in [2.45, 2.75) is 26.3 Å². The summed E-state index contributed by atoms with van der Waals surface area (Å²) in [5, 5.41) is 2.95. The van der Waals surface area contributed by atoms with Crippen LogP contribution >= 0.6 is 0 Å². The second-order valence-corrected chi connectivity index (χ2v) is 4.79. The number of hydrogen-bond donors (Lipinski definition) is 2. The van der Waals surface area contributed by atoms with Crippen molar-refractivity contribution in [1.29, 1.82) is 0 Å². The van der Waals surface area contributed by atoms with E-state index in [0.29, 0.717) is 18.0 Å². The molecule has 1 heterocycles. The zero-order valence-corrected chi connectivity index (χ0v) is 11.4. The molecule has 0 aliphatic carbocycles. The maximum atomic E-state index is 12.2. The average Bonchev–Trinajstić information content (AvgIpc) is 2.38. The van der Waals surface area contributed by atoms with Crippen molar-refractivity contribution in [3.63, 3.8) is 0 Å². The van der Waals surface area contributed by atoms with Crippen LogP contribution in [0.2, 0.25) is 0 Å². The lowest BCUT2D eigenvalue weighted by atomic mass is 9.88. The van der Waals surface area contributed by atoms with Crippen LogP contribution in [0.1, 0.15) is 31.1 Å². The molecule has 0 radical (unpaired) electrons. The predicted octanol–water partition coefficient (Wildman–Crippen LogP) is 1.19. The quantitative estimate of drug-likeness (QED) is 0.824. The van der Waals surface area contributed by atoms with Gasteiger partial charge >= 0.3 is 0 Å². The summed E-state index contributed by atoms with van der Waals surface area (Å²) in [6.45, 7) is 6.35. The normalized spacial score (nSPS) is 14.1. The zero-order valence-electron chi connectivity index (χ0n) is 11.4. The van der Waals surface area contributed by atoms with Gasteiger partial charge in [0.1, 0.15) is 5.56 Å². The van der Waals surface area contributed by atoms with Crippen LogP contribution in [0.5, 0.6) is 5.88 Å². The number of nitrogens with two attached hydrogens (primary N) is 1. The fourth-order valence-corrected chi connectivity index (χ4v) is 1.48. The second kappa shape index (κ2) is 5.82. The van der Waals surface area contributed by atoms with Gasteiger partial charge in [0, 0.05) is 12.7 Å². The summed E-state index contributed by atoms with van der Waals surface area (Å²) in [5.41, 5.74) is 5.71. The molecule has 0 aliphatic heterocycles. The Labute approximate surface area is 108 Å². The molecule has 18 heavy (non-hydrogen) atoms. The van der Waals surface area contributed by atoms with Crippen molar-refractivity contribution in [1.82, 2.24) is 10.3 Å². The van der Waals surface area contributed by atoms with E-state index in [2.05, 4.69) is 10.3 Å². The molecule has 100 valence electrons. The Balaban J connectivity index is 2.95.